The second-order valence-electron chi connectivity index (χ2n) is 6.49. The molecule has 1 unspecified atom stereocenters. The van der Waals surface area contributed by atoms with Gasteiger partial charge in [0.05, 0.1) is 23.6 Å². The quantitative estimate of drug-likeness (QED) is 0.608. The predicted octanol–water partition coefficient (Wildman–Crippen LogP) is 3.07. The maximum Gasteiger partial charge on any atom is 0.273 e. The highest BCUT2D eigenvalue weighted by Crippen LogP contribution is 2.24. The molecule has 0 radical (unpaired) electrons. The van der Waals surface area contributed by atoms with Crippen LogP contribution in [0.15, 0.2) is 47.1 Å². The predicted molar refractivity (Wildman–Crippen MR) is 96.7 cm³/mol. The van der Waals surface area contributed by atoms with Gasteiger partial charge in [-0.1, -0.05) is 24.6 Å². The Balaban J connectivity index is 1.63. The minimum atomic E-state index is -0.456. The summed E-state index contributed by atoms with van der Waals surface area (Å²) in [5.41, 5.74) is 0.392. The minimum absolute atomic E-state index is 0.0119. The second-order valence-corrected chi connectivity index (χ2v) is 6.49. The van der Waals surface area contributed by atoms with Gasteiger partial charge in [0.15, 0.2) is 0 Å². The van der Waals surface area contributed by atoms with Crippen molar-refractivity contribution < 1.29 is 14.1 Å². The van der Waals surface area contributed by atoms with Crippen LogP contribution in [0, 0.1) is 10.1 Å². The number of carbonyl (C=O) groups is 1. The first-order valence-corrected chi connectivity index (χ1v) is 8.91. The number of nitro groups is 1. The average Bonchev–Trinajstić information content (AvgIpc) is 3.17. The zero-order valence-corrected chi connectivity index (χ0v) is 14.6. The summed E-state index contributed by atoms with van der Waals surface area (Å²) in [6, 6.07) is 10.1. The van der Waals surface area contributed by atoms with Crippen LogP contribution in [0.5, 0.6) is 0 Å². The van der Waals surface area contributed by atoms with Crippen molar-refractivity contribution in [2.45, 2.75) is 31.7 Å². The summed E-state index contributed by atoms with van der Waals surface area (Å²) in [6.45, 7) is 2.38. The Morgan fingerprint density at radius 1 is 1.19 bits per heavy atom. The van der Waals surface area contributed by atoms with Crippen LogP contribution in [0.2, 0.25) is 0 Å². The molecule has 0 spiro atoms. The van der Waals surface area contributed by atoms with Crippen LogP contribution >= 0.6 is 0 Å². The Bertz CT molecular complexity index is 739. The standard InChI is InChI=1S/C19H23N3O4/c23-19(13-15-7-2-3-8-16(15)22(24)25)20-14-17(18-9-6-12-26-18)21-10-4-1-5-11-21/h2-3,6-9,12,17H,1,4-5,10-11,13-14H2,(H,20,23). The molecule has 0 bridgehead atoms. The van der Waals surface area contributed by atoms with Crippen LogP contribution in [0.25, 0.3) is 0 Å². The van der Waals surface area contributed by atoms with E-state index in [1.165, 1.54) is 12.5 Å². The molecule has 3 rings (SSSR count). The Morgan fingerprint density at radius 2 is 1.96 bits per heavy atom. The van der Waals surface area contributed by atoms with Gasteiger partial charge in [-0.2, -0.15) is 0 Å². The van der Waals surface area contributed by atoms with Gasteiger partial charge in [0.1, 0.15) is 5.76 Å². The molecule has 0 saturated carbocycles. The number of hydrogen-bond acceptors (Lipinski definition) is 5. The highest BCUT2D eigenvalue weighted by Gasteiger charge is 2.25. The smallest absolute Gasteiger partial charge is 0.273 e. The fraction of sp³-hybridized carbons (Fsp3) is 0.421. The molecule has 1 atom stereocenters. The van der Waals surface area contributed by atoms with Crippen molar-refractivity contribution in [3.63, 3.8) is 0 Å². The lowest BCUT2D eigenvalue weighted by Crippen LogP contribution is -2.40. The zero-order valence-electron chi connectivity index (χ0n) is 14.6. The molecule has 26 heavy (non-hydrogen) atoms. The number of carbonyl (C=O) groups excluding carboxylic acids is 1. The molecule has 1 aromatic heterocycles. The van der Waals surface area contributed by atoms with Crippen molar-refractivity contribution in [3.8, 4) is 0 Å². The topological polar surface area (TPSA) is 88.6 Å². The number of nitrogens with zero attached hydrogens (tertiary/aromatic N) is 2. The molecule has 2 heterocycles. The number of rotatable bonds is 7. The van der Waals surface area contributed by atoms with Gasteiger partial charge in [0.25, 0.3) is 5.69 Å². The zero-order chi connectivity index (χ0) is 18.4. The monoisotopic (exact) mass is 357 g/mol. The van der Waals surface area contributed by atoms with Gasteiger partial charge in [0, 0.05) is 18.2 Å². The summed E-state index contributed by atoms with van der Waals surface area (Å²) in [5.74, 6) is 0.603. The highest BCUT2D eigenvalue weighted by molar-refractivity contribution is 5.79. The van der Waals surface area contributed by atoms with Gasteiger partial charge in [-0.05, 0) is 38.1 Å². The summed E-state index contributed by atoms with van der Waals surface area (Å²) in [7, 11) is 0. The van der Waals surface area contributed by atoms with Crippen LogP contribution < -0.4 is 5.32 Å². The lowest BCUT2D eigenvalue weighted by Gasteiger charge is -2.33. The average molecular weight is 357 g/mol. The van der Waals surface area contributed by atoms with Gasteiger partial charge in [0.2, 0.25) is 5.91 Å². The Morgan fingerprint density at radius 3 is 2.65 bits per heavy atom. The summed E-state index contributed by atoms with van der Waals surface area (Å²) in [6.07, 6.45) is 5.14. The molecular formula is C19H23N3O4. The fourth-order valence-corrected chi connectivity index (χ4v) is 3.40. The lowest BCUT2D eigenvalue weighted by molar-refractivity contribution is -0.385. The van der Waals surface area contributed by atoms with E-state index in [1.807, 2.05) is 12.1 Å². The van der Waals surface area contributed by atoms with E-state index in [1.54, 1.807) is 24.5 Å². The molecule has 1 amide bonds. The van der Waals surface area contributed by atoms with Crippen molar-refractivity contribution in [1.29, 1.82) is 0 Å². The molecule has 1 N–H and O–H groups in total. The van der Waals surface area contributed by atoms with Crippen LogP contribution in [-0.4, -0.2) is 35.4 Å². The Labute approximate surface area is 152 Å². The largest absolute Gasteiger partial charge is 0.468 e. The third kappa shape index (κ3) is 4.49. The van der Waals surface area contributed by atoms with Gasteiger partial charge in [-0.3, -0.25) is 19.8 Å². The normalized spacial score (nSPS) is 16.2. The lowest BCUT2D eigenvalue weighted by atomic mass is 10.1. The number of amides is 1. The maximum absolute atomic E-state index is 12.4. The maximum atomic E-state index is 12.4. The first kappa shape index (κ1) is 18.1. The highest BCUT2D eigenvalue weighted by atomic mass is 16.6. The van der Waals surface area contributed by atoms with E-state index >= 15 is 0 Å². The van der Waals surface area contributed by atoms with E-state index in [0.29, 0.717) is 12.1 Å². The van der Waals surface area contributed by atoms with Gasteiger partial charge in [-0.15, -0.1) is 0 Å². The molecule has 7 heteroatoms. The molecule has 1 aliphatic rings. The summed E-state index contributed by atoms with van der Waals surface area (Å²) in [5, 5.41) is 14.0. The number of para-hydroxylation sites is 1. The third-order valence-electron chi connectivity index (χ3n) is 4.73. The molecule has 2 aromatic rings. The first-order chi connectivity index (χ1) is 12.6. The third-order valence-corrected chi connectivity index (χ3v) is 4.73. The van der Waals surface area contributed by atoms with Crippen LogP contribution in [-0.2, 0) is 11.2 Å². The minimum Gasteiger partial charge on any atom is -0.468 e. The summed E-state index contributed by atoms with van der Waals surface area (Å²) in [4.78, 5) is 25.3. The molecule has 1 aromatic carbocycles. The molecule has 1 aliphatic heterocycles. The fourth-order valence-electron chi connectivity index (χ4n) is 3.40. The summed E-state index contributed by atoms with van der Waals surface area (Å²) >= 11 is 0. The van der Waals surface area contributed by atoms with E-state index in [-0.39, 0.29) is 24.1 Å². The van der Waals surface area contributed by atoms with Crippen molar-refractivity contribution in [2.24, 2.45) is 0 Å². The van der Waals surface area contributed by atoms with Crippen LogP contribution in [0.3, 0.4) is 0 Å². The van der Waals surface area contributed by atoms with Gasteiger partial charge < -0.3 is 9.73 Å². The van der Waals surface area contributed by atoms with Crippen LogP contribution in [0.1, 0.15) is 36.6 Å². The molecule has 1 saturated heterocycles. The van der Waals surface area contributed by atoms with Crippen molar-refractivity contribution in [3.05, 3.63) is 64.1 Å². The van der Waals surface area contributed by atoms with Crippen molar-refractivity contribution >= 4 is 11.6 Å². The number of benzene rings is 1. The molecule has 7 nitrogen and oxygen atoms in total. The Hall–Kier alpha value is -2.67. The van der Waals surface area contributed by atoms with Gasteiger partial charge >= 0.3 is 0 Å². The van der Waals surface area contributed by atoms with Crippen LogP contribution in [0.4, 0.5) is 5.69 Å². The number of likely N-dealkylation sites (tertiary alicyclic amines) is 1. The second kappa shape index (κ2) is 8.62. The number of hydrogen-bond donors (Lipinski definition) is 1. The van der Waals surface area contributed by atoms with E-state index in [2.05, 4.69) is 10.2 Å². The molecule has 0 aliphatic carbocycles. The SMILES string of the molecule is O=C(Cc1ccccc1[N+](=O)[O-])NCC(c1ccco1)N1CCCCC1. The Kier molecular flexibility index (Phi) is 6.01. The number of nitrogens with one attached hydrogen (secondary N) is 1. The van der Waals surface area contributed by atoms with E-state index in [0.717, 1.165) is 31.7 Å². The van der Waals surface area contributed by atoms with Crippen molar-refractivity contribution in [2.75, 3.05) is 19.6 Å². The van der Waals surface area contributed by atoms with E-state index < -0.39 is 4.92 Å². The molecular weight excluding hydrogens is 334 g/mol. The number of nitro benzene ring substituents is 1. The molecule has 1 fully saturated rings. The van der Waals surface area contributed by atoms with Gasteiger partial charge in [-0.25, -0.2) is 0 Å². The van der Waals surface area contributed by atoms with E-state index in [4.69, 9.17) is 4.42 Å². The van der Waals surface area contributed by atoms with E-state index in [9.17, 15) is 14.9 Å². The number of piperidine rings is 1. The summed E-state index contributed by atoms with van der Waals surface area (Å²) < 4.78 is 5.57. The first-order valence-electron chi connectivity index (χ1n) is 8.91. The molecule has 138 valence electrons. The van der Waals surface area contributed by atoms with Crippen molar-refractivity contribution in [1.82, 2.24) is 10.2 Å². The number of furan rings is 1.